The second-order valence-electron chi connectivity index (χ2n) is 13.7. The molecule has 4 aliphatic rings. The molecule has 0 aliphatic heterocycles. The second kappa shape index (κ2) is 8.28. The number of nitrogens with zero attached hydrogens (tertiary/aromatic N) is 3. The molecule has 0 radical (unpaired) electrons. The summed E-state index contributed by atoms with van der Waals surface area (Å²) in [7, 11) is 1.65. The van der Waals surface area contributed by atoms with E-state index in [1.165, 1.54) is 25.7 Å². The molecule has 9 atom stereocenters. The summed E-state index contributed by atoms with van der Waals surface area (Å²) < 4.78 is 7.10. The first-order valence-electron chi connectivity index (χ1n) is 14.2. The van der Waals surface area contributed by atoms with Crippen molar-refractivity contribution in [1.29, 1.82) is 0 Å². The molecule has 196 valence electrons. The molecule has 6 nitrogen and oxygen atoms in total. The van der Waals surface area contributed by atoms with Crippen LogP contribution in [0.15, 0.2) is 18.2 Å². The Balaban J connectivity index is 1.24. The first kappa shape index (κ1) is 24.4. The van der Waals surface area contributed by atoms with Gasteiger partial charge in [-0.25, -0.2) is 4.68 Å². The number of methoxy groups -OCH3 is 1. The average molecular weight is 494 g/mol. The Kier molecular flexibility index (Phi) is 5.61. The molecule has 0 bridgehead atoms. The monoisotopic (exact) mass is 493 g/mol. The number of aliphatic hydroxyl groups is 1. The fraction of sp³-hybridized carbons (Fsp3) is 0.767. The zero-order valence-corrected chi connectivity index (χ0v) is 22.7. The molecule has 0 spiro atoms. The number of ether oxygens (including phenoxy) is 1. The summed E-state index contributed by atoms with van der Waals surface area (Å²) in [5.41, 5.74) is 1.58. The Bertz CT molecular complexity index is 1170. The van der Waals surface area contributed by atoms with Crippen LogP contribution in [0.5, 0.6) is 5.75 Å². The first-order valence-corrected chi connectivity index (χ1v) is 14.2. The van der Waals surface area contributed by atoms with Gasteiger partial charge in [0.05, 0.1) is 18.2 Å². The molecule has 0 saturated heterocycles. The van der Waals surface area contributed by atoms with Gasteiger partial charge in [0.15, 0.2) is 5.78 Å². The molecule has 6 heteroatoms. The van der Waals surface area contributed by atoms with E-state index in [-0.39, 0.29) is 11.3 Å². The smallest absolute Gasteiger partial charge is 0.158 e. The number of hydrogen-bond acceptors (Lipinski definition) is 5. The van der Waals surface area contributed by atoms with Crippen LogP contribution in [-0.4, -0.2) is 38.6 Å². The predicted molar refractivity (Wildman–Crippen MR) is 139 cm³/mol. The van der Waals surface area contributed by atoms with Crippen molar-refractivity contribution in [2.45, 2.75) is 91.2 Å². The van der Waals surface area contributed by atoms with Crippen molar-refractivity contribution in [3.05, 3.63) is 18.2 Å². The van der Waals surface area contributed by atoms with Crippen molar-refractivity contribution in [3.8, 4) is 5.75 Å². The topological polar surface area (TPSA) is 77.2 Å². The molecule has 1 heterocycles. The van der Waals surface area contributed by atoms with Crippen LogP contribution in [0.3, 0.4) is 0 Å². The molecule has 4 saturated carbocycles. The van der Waals surface area contributed by atoms with Crippen LogP contribution in [0.25, 0.3) is 11.0 Å². The van der Waals surface area contributed by atoms with E-state index in [2.05, 4.69) is 31.1 Å². The molecule has 4 aliphatic carbocycles. The van der Waals surface area contributed by atoms with E-state index in [0.717, 1.165) is 48.4 Å². The van der Waals surface area contributed by atoms with E-state index >= 15 is 0 Å². The molecule has 1 aromatic heterocycles. The number of benzene rings is 1. The Morgan fingerprint density at radius 3 is 2.69 bits per heavy atom. The van der Waals surface area contributed by atoms with Crippen LogP contribution < -0.4 is 4.74 Å². The van der Waals surface area contributed by atoms with Gasteiger partial charge in [-0.15, -0.1) is 5.10 Å². The van der Waals surface area contributed by atoms with Gasteiger partial charge in [0.2, 0.25) is 0 Å². The minimum atomic E-state index is -0.490. The van der Waals surface area contributed by atoms with Crippen molar-refractivity contribution < 1.29 is 14.6 Å². The van der Waals surface area contributed by atoms with Gasteiger partial charge in [-0.2, -0.15) is 0 Å². The van der Waals surface area contributed by atoms with Crippen LogP contribution >= 0.6 is 0 Å². The minimum Gasteiger partial charge on any atom is -0.497 e. The fourth-order valence-corrected chi connectivity index (χ4v) is 9.92. The summed E-state index contributed by atoms with van der Waals surface area (Å²) in [6.45, 7) is 9.63. The Morgan fingerprint density at radius 1 is 1.11 bits per heavy atom. The van der Waals surface area contributed by atoms with Gasteiger partial charge >= 0.3 is 0 Å². The molecule has 6 rings (SSSR count). The number of fused-ring (bicyclic) bond motifs is 6. The normalized spacial score (nSPS) is 44.1. The first-order chi connectivity index (χ1) is 17.1. The number of ketones is 1. The lowest BCUT2D eigenvalue weighted by Crippen LogP contribution is -2.55. The maximum atomic E-state index is 13.9. The van der Waals surface area contributed by atoms with Gasteiger partial charge in [-0.05, 0) is 111 Å². The number of carbonyl (C=O) groups excluding carboxylic acids is 1. The van der Waals surface area contributed by atoms with Crippen molar-refractivity contribution in [2.24, 2.45) is 46.3 Å². The summed E-state index contributed by atoms with van der Waals surface area (Å²) in [6, 6.07) is 5.74. The van der Waals surface area contributed by atoms with Crippen molar-refractivity contribution in [3.63, 3.8) is 0 Å². The largest absolute Gasteiger partial charge is 0.497 e. The Morgan fingerprint density at radius 2 is 1.92 bits per heavy atom. The van der Waals surface area contributed by atoms with Gasteiger partial charge in [0, 0.05) is 12.0 Å². The van der Waals surface area contributed by atoms with E-state index in [0.29, 0.717) is 41.4 Å². The lowest BCUT2D eigenvalue weighted by atomic mass is 9.44. The number of rotatable bonds is 4. The molecule has 0 unspecified atom stereocenters. The molecular formula is C30H43N3O3. The van der Waals surface area contributed by atoms with E-state index in [4.69, 9.17) is 4.74 Å². The molecular weight excluding hydrogens is 450 g/mol. The highest BCUT2D eigenvalue weighted by molar-refractivity contribution is 5.84. The van der Waals surface area contributed by atoms with Crippen LogP contribution in [0.4, 0.5) is 0 Å². The summed E-state index contributed by atoms with van der Waals surface area (Å²) >= 11 is 0. The van der Waals surface area contributed by atoms with Gasteiger partial charge in [-0.1, -0.05) is 26.0 Å². The predicted octanol–water partition coefficient (Wildman–Crippen LogP) is 5.66. The minimum absolute atomic E-state index is 0.0701. The molecule has 1 N–H and O–H groups in total. The Labute approximate surface area is 215 Å². The standard InChI is InChI=1S/C30H43N3O3/c1-18-14-23-21-8-6-19-16-28(2,35)12-13-29(19,3)22(21)10-11-30(23,4)27(18)26(34)17-33-25-9-7-20(36-5)15-24(25)31-32-33/h7,9,15,18-19,21-23,27,35H,6,8,10-14,16-17H2,1-5H3/t18-,19+,21-,22+,23+,27-,28-,29+,30+/m1/s1. The molecule has 0 amide bonds. The zero-order chi connectivity index (χ0) is 25.5. The number of aromatic nitrogens is 3. The summed E-state index contributed by atoms with van der Waals surface area (Å²) in [5, 5.41) is 19.4. The lowest BCUT2D eigenvalue weighted by Gasteiger charge is -2.61. The van der Waals surface area contributed by atoms with Crippen LogP contribution in [0.1, 0.15) is 79.1 Å². The van der Waals surface area contributed by atoms with E-state index in [1.807, 2.05) is 25.1 Å². The third-order valence-electron chi connectivity index (χ3n) is 11.7. The number of carbonyl (C=O) groups is 1. The number of hydrogen-bond donors (Lipinski definition) is 1. The maximum absolute atomic E-state index is 13.9. The van der Waals surface area contributed by atoms with E-state index in [1.54, 1.807) is 11.8 Å². The fourth-order valence-electron chi connectivity index (χ4n) is 9.92. The quantitative estimate of drug-likeness (QED) is 0.594. The third-order valence-corrected chi connectivity index (χ3v) is 11.7. The summed E-state index contributed by atoms with van der Waals surface area (Å²) in [6.07, 6.45) is 9.10. The Hall–Kier alpha value is -1.95. The van der Waals surface area contributed by atoms with E-state index in [9.17, 15) is 9.90 Å². The summed E-state index contributed by atoms with van der Waals surface area (Å²) in [4.78, 5) is 13.9. The van der Waals surface area contributed by atoms with Gasteiger partial charge in [0.25, 0.3) is 0 Å². The van der Waals surface area contributed by atoms with Crippen LogP contribution in [0.2, 0.25) is 0 Å². The highest BCUT2D eigenvalue weighted by atomic mass is 16.5. The van der Waals surface area contributed by atoms with Crippen LogP contribution in [-0.2, 0) is 11.3 Å². The van der Waals surface area contributed by atoms with Gasteiger partial charge < -0.3 is 9.84 Å². The molecule has 4 fully saturated rings. The maximum Gasteiger partial charge on any atom is 0.158 e. The third kappa shape index (κ3) is 3.57. The zero-order valence-electron chi connectivity index (χ0n) is 22.7. The molecule has 2 aromatic rings. The van der Waals surface area contributed by atoms with Gasteiger partial charge in [0.1, 0.15) is 17.8 Å². The molecule has 36 heavy (non-hydrogen) atoms. The second-order valence-corrected chi connectivity index (χ2v) is 13.7. The number of Topliss-reactive ketones (excluding diaryl/α,β-unsaturated/α-hetero) is 1. The van der Waals surface area contributed by atoms with Crippen molar-refractivity contribution in [2.75, 3.05) is 7.11 Å². The van der Waals surface area contributed by atoms with Gasteiger partial charge in [-0.3, -0.25) is 4.79 Å². The van der Waals surface area contributed by atoms with Crippen LogP contribution in [0, 0.1) is 46.3 Å². The summed E-state index contributed by atoms with van der Waals surface area (Å²) in [5.74, 6) is 4.27. The van der Waals surface area contributed by atoms with E-state index < -0.39 is 5.60 Å². The van der Waals surface area contributed by atoms with Crippen molar-refractivity contribution in [1.82, 2.24) is 15.0 Å². The average Bonchev–Trinajstić information content (AvgIpc) is 3.35. The highest BCUT2D eigenvalue weighted by Crippen LogP contribution is 2.69. The SMILES string of the molecule is COc1ccc2c(c1)nnn2CC(=O)[C@H]1[C@H](C)C[C@H]2[C@@H]3CC[C@H]4C[C@](C)(O)CC[C@]4(C)[C@H]3CC[C@@]21C. The highest BCUT2D eigenvalue weighted by Gasteiger charge is 2.63. The lowest BCUT2D eigenvalue weighted by molar-refractivity contribution is -0.151. The molecule has 1 aromatic carbocycles. The van der Waals surface area contributed by atoms with Crippen molar-refractivity contribution >= 4 is 16.8 Å².